The second kappa shape index (κ2) is 24.4. The molecule has 2 aliphatic heterocycles. The second-order valence-electron chi connectivity index (χ2n) is 14.8. The summed E-state index contributed by atoms with van der Waals surface area (Å²) in [6.45, 7) is 10.3. The van der Waals surface area contributed by atoms with Gasteiger partial charge in [-0.05, 0) is 11.1 Å². The van der Waals surface area contributed by atoms with Crippen LogP contribution < -0.4 is 34.4 Å². The molecular weight excluding hydrogens is 724 g/mol. The molecule has 0 spiro atoms. The number of amides is 6. The fraction of sp³-hybridized carbons (Fsp3) is 0.667. The number of rotatable bonds is 16. The summed E-state index contributed by atoms with van der Waals surface area (Å²) in [5.41, 5.74) is 35.6. The van der Waals surface area contributed by atoms with Crippen molar-refractivity contribution in [1.82, 2.24) is 39.2 Å². The van der Waals surface area contributed by atoms with E-state index in [1.165, 1.54) is 0 Å². The molecule has 0 unspecified atom stereocenters. The molecule has 2 fully saturated rings. The largest absolute Gasteiger partial charge is 0.369 e. The summed E-state index contributed by atoms with van der Waals surface area (Å²) in [7, 11) is 0. The SMILES string of the molecule is NC(=O)CN1CCN(CC(N)=O)CCN(Cc2cccc(CN3CCN(CC(N)=O)CCN(CC(N)=O)CCN(CC(N)=O)CC3)c2)CCN(CC(N)=O)CC1. The first-order valence-electron chi connectivity index (χ1n) is 19.2. The van der Waals surface area contributed by atoms with Gasteiger partial charge in [0, 0.05) is 118 Å². The molecule has 3 rings (SSSR count). The Morgan fingerprint density at radius 3 is 0.696 bits per heavy atom. The Morgan fingerprint density at radius 1 is 0.339 bits per heavy atom. The van der Waals surface area contributed by atoms with E-state index in [0.29, 0.717) is 118 Å². The molecule has 0 saturated carbocycles. The van der Waals surface area contributed by atoms with E-state index in [4.69, 9.17) is 34.4 Å². The summed E-state index contributed by atoms with van der Waals surface area (Å²) < 4.78 is 0. The van der Waals surface area contributed by atoms with E-state index in [1.54, 1.807) is 0 Å². The van der Waals surface area contributed by atoms with Crippen LogP contribution >= 0.6 is 0 Å². The summed E-state index contributed by atoms with van der Waals surface area (Å²) >= 11 is 0. The standard InChI is InChI=1S/C36H64N14O6/c37-31(51)23-45-8-4-43(5-9-46(24-32(38)52)13-17-49(16-12-45)27-35(41)55)21-29-2-1-3-30(20-29)22-44-6-10-47(25-33(39)53)14-18-50(28-36(42)56)19-15-48(11-7-44)26-34(40)54/h1-3,20H,4-19,21-28H2,(H2,37,51)(H2,38,52)(H2,39,53)(H2,40,54)(H2,41,55)(H2,42,56). The Bertz CT molecular complexity index is 1290. The number of hydrogen-bond acceptors (Lipinski definition) is 14. The van der Waals surface area contributed by atoms with Crippen molar-refractivity contribution in [2.75, 3.05) is 144 Å². The molecule has 56 heavy (non-hydrogen) atoms. The highest BCUT2D eigenvalue weighted by Gasteiger charge is 2.22. The molecule has 0 bridgehead atoms. The number of nitrogens with zero attached hydrogens (tertiary/aromatic N) is 8. The monoisotopic (exact) mass is 789 g/mol. The molecule has 0 aromatic heterocycles. The van der Waals surface area contributed by atoms with Gasteiger partial charge in [-0.3, -0.25) is 68.0 Å². The van der Waals surface area contributed by atoms with E-state index in [9.17, 15) is 28.8 Å². The van der Waals surface area contributed by atoms with E-state index in [-0.39, 0.29) is 39.3 Å². The summed E-state index contributed by atoms with van der Waals surface area (Å²) in [6, 6.07) is 8.33. The van der Waals surface area contributed by atoms with Crippen LogP contribution in [0.5, 0.6) is 0 Å². The quantitative estimate of drug-likeness (QED) is 0.0910. The Labute approximate surface area is 329 Å². The zero-order valence-electron chi connectivity index (χ0n) is 32.8. The molecule has 20 nitrogen and oxygen atoms in total. The van der Waals surface area contributed by atoms with Gasteiger partial charge in [0.2, 0.25) is 35.4 Å². The predicted octanol–water partition coefficient (Wildman–Crippen LogP) is -5.96. The van der Waals surface area contributed by atoms with Crippen molar-refractivity contribution in [3.63, 3.8) is 0 Å². The van der Waals surface area contributed by atoms with Gasteiger partial charge in [0.05, 0.1) is 39.3 Å². The molecule has 12 N–H and O–H groups in total. The molecule has 314 valence electrons. The van der Waals surface area contributed by atoms with E-state index in [0.717, 1.165) is 11.1 Å². The Morgan fingerprint density at radius 2 is 0.518 bits per heavy atom. The molecule has 1 aromatic rings. The van der Waals surface area contributed by atoms with Crippen molar-refractivity contribution in [3.05, 3.63) is 35.4 Å². The topological polar surface area (TPSA) is 284 Å². The van der Waals surface area contributed by atoms with Crippen LogP contribution in [0.2, 0.25) is 0 Å². The lowest BCUT2D eigenvalue weighted by Gasteiger charge is -2.34. The van der Waals surface area contributed by atoms with Crippen LogP contribution in [0.3, 0.4) is 0 Å². The van der Waals surface area contributed by atoms with Gasteiger partial charge in [-0.25, -0.2) is 0 Å². The average Bonchev–Trinajstić information content (AvgIpc) is 3.09. The van der Waals surface area contributed by atoms with E-state index in [2.05, 4.69) is 28.0 Å². The molecule has 2 heterocycles. The summed E-state index contributed by atoms with van der Waals surface area (Å²) in [5.74, 6) is -2.66. The molecule has 6 amide bonds. The van der Waals surface area contributed by atoms with Gasteiger partial charge >= 0.3 is 0 Å². The van der Waals surface area contributed by atoms with Gasteiger partial charge in [-0.2, -0.15) is 0 Å². The number of nitrogens with two attached hydrogens (primary N) is 6. The van der Waals surface area contributed by atoms with Crippen LogP contribution in [-0.2, 0) is 41.9 Å². The van der Waals surface area contributed by atoms with Crippen LogP contribution in [0.1, 0.15) is 11.1 Å². The number of primary amides is 6. The highest BCUT2D eigenvalue weighted by molar-refractivity contribution is 5.77. The predicted molar refractivity (Wildman–Crippen MR) is 211 cm³/mol. The van der Waals surface area contributed by atoms with Crippen LogP contribution in [0.4, 0.5) is 0 Å². The lowest BCUT2D eigenvalue weighted by molar-refractivity contribution is -0.121. The zero-order valence-corrected chi connectivity index (χ0v) is 32.8. The number of carbonyl (C=O) groups is 6. The minimum Gasteiger partial charge on any atom is -0.369 e. The van der Waals surface area contributed by atoms with Crippen molar-refractivity contribution in [2.24, 2.45) is 34.4 Å². The van der Waals surface area contributed by atoms with E-state index < -0.39 is 35.4 Å². The van der Waals surface area contributed by atoms with Gasteiger partial charge in [0.25, 0.3) is 0 Å². The second-order valence-corrected chi connectivity index (χ2v) is 14.8. The first kappa shape index (κ1) is 46.1. The fourth-order valence-corrected chi connectivity index (χ4v) is 7.09. The minimum absolute atomic E-state index is 0.0587. The van der Waals surface area contributed by atoms with Crippen molar-refractivity contribution >= 4 is 35.4 Å². The average molecular weight is 789 g/mol. The molecule has 0 atom stereocenters. The van der Waals surface area contributed by atoms with Crippen molar-refractivity contribution < 1.29 is 28.8 Å². The molecule has 1 aromatic carbocycles. The number of hydrogen-bond donors (Lipinski definition) is 6. The van der Waals surface area contributed by atoms with E-state index >= 15 is 0 Å². The maximum absolute atomic E-state index is 12.0. The molecule has 2 aliphatic rings. The normalized spacial score (nSPS) is 19.9. The lowest BCUT2D eigenvalue weighted by Crippen LogP contribution is -2.49. The Hall–Kier alpha value is -4.28. The summed E-state index contributed by atoms with van der Waals surface area (Å²) in [4.78, 5) is 87.8. The molecule has 0 aliphatic carbocycles. The number of carbonyl (C=O) groups excluding carboxylic acids is 6. The first-order valence-corrected chi connectivity index (χ1v) is 19.2. The molecule has 0 radical (unpaired) electrons. The third-order valence-corrected chi connectivity index (χ3v) is 9.94. The Balaban J connectivity index is 1.79. The van der Waals surface area contributed by atoms with Crippen molar-refractivity contribution in [3.8, 4) is 0 Å². The van der Waals surface area contributed by atoms with Crippen LogP contribution in [0, 0.1) is 0 Å². The van der Waals surface area contributed by atoms with Crippen LogP contribution in [-0.4, -0.2) is 219 Å². The minimum atomic E-state index is -0.457. The third kappa shape index (κ3) is 19.5. The van der Waals surface area contributed by atoms with Gasteiger partial charge in [-0.15, -0.1) is 0 Å². The van der Waals surface area contributed by atoms with Gasteiger partial charge in [0.1, 0.15) is 0 Å². The van der Waals surface area contributed by atoms with Crippen molar-refractivity contribution in [2.45, 2.75) is 13.1 Å². The maximum atomic E-state index is 12.0. The van der Waals surface area contributed by atoms with Crippen molar-refractivity contribution in [1.29, 1.82) is 0 Å². The first-order chi connectivity index (χ1) is 26.6. The molecule has 20 heteroatoms. The van der Waals surface area contributed by atoms with Gasteiger partial charge < -0.3 is 34.4 Å². The molecular formula is C36H64N14O6. The smallest absolute Gasteiger partial charge is 0.231 e. The summed E-state index contributed by atoms with van der Waals surface area (Å²) in [6.07, 6.45) is 0. The number of benzene rings is 1. The van der Waals surface area contributed by atoms with Crippen LogP contribution in [0.25, 0.3) is 0 Å². The fourth-order valence-electron chi connectivity index (χ4n) is 7.09. The Kier molecular flexibility index (Phi) is 20.1. The van der Waals surface area contributed by atoms with Crippen LogP contribution in [0.15, 0.2) is 24.3 Å². The maximum Gasteiger partial charge on any atom is 0.231 e. The highest BCUT2D eigenvalue weighted by Crippen LogP contribution is 2.13. The third-order valence-electron chi connectivity index (χ3n) is 9.94. The lowest BCUT2D eigenvalue weighted by atomic mass is 10.1. The van der Waals surface area contributed by atoms with E-state index in [1.807, 2.05) is 35.5 Å². The van der Waals surface area contributed by atoms with Gasteiger partial charge in [-0.1, -0.05) is 24.3 Å². The van der Waals surface area contributed by atoms with Gasteiger partial charge in [0.15, 0.2) is 0 Å². The molecule has 2 saturated heterocycles. The highest BCUT2D eigenvalue weighted by atomic mass is 16.2. The summed E-state index contributed by atoms with van der Waals surface area (Å²) in [5, 5.41) is 0. The zero-order chi connectivity index (χ0) is 41.0.